The fraction of sp³-hybridized carbons (Fsp3) is 1.00. The van der Waals surface area contributed by atoms with E-state index in [0.717, 1.165) is 17.9 Å². The molecule has 0 spiro atoms. The molecule has 3 saturated carbocycles. The first-order valence-corrected chi connectivity index (χ1v) is 8.82. The van der Waals surface area contributed by atoms with Gasteiger partial charge in [0, 0.05) is 17.3 Å². The Balaban J connectivity index is 1.46. The summed E-state index contributed by atoms with van der Waals surface area (Å²) in [5.74, 6) is 2.16. The van der Waals surface area contributed by atoms with E-state index in [1.165, 1.54) is 64.3 Å². The van der Waals surface area contributed by atoms with Crippen molar-refractivity contribution in [1.29, 1.82) is 0 Å². The van der Waals surface area contributed by atoms with E-state index >= 15 is 0 Å². The Kier molecular flexibility index (Phi) is 3.72. The summed E-state index contributed by atoms with van der Waals surface area (Å²) in [7, 11) is 0. The van der Waals surface area contributed by atoms with Gasteiger partial charge in [-0.3, -0.25) is 0 Å². The van der Waals surface area contributed by atoms with Gasteiger partial charge >= 0.3 is 0 Å². The van der Waals surface area contributed by atoms with Gasteiger partial charge in [-0.15, -0.1) is 0 Å². The molecular weight excluding hydrogens is 226 g/mol. The minimum atomic E-state index is 0.642. The van der Waals surface area contributed by atoms with Crippen molar-refractivity contribution in [3.8, 4) is 0 Å². The molecule has 3 aliphatic carbocycles. The number of nitrogens with one attached hydrogen (secondary N) is 1. The molecule has 3 atom stereocenters. The Labute approximate surface area is 111 Å². The second-order valence-corrected chi connectivity index (χ2v) is 7.86. The summed E-state index contributed by atoms with van der Waals surface area (Å²) in [6.45, 7) is 1.27. The zero-order valence-corrected chi connectivity index (χ0v) is 12.0. The van der Waals surface area contributed by atoms with Crippen LogP contribution in [0.3, 0.4) is 0 Å². The van der Waals surface area contributed by atoms with E-state index in [2.05, 4.69) is 23.3 Å². The second kappa shape index (κ2) is 5.13. The summed E-state index contributed by atoms with van der Waals surface area (Å²) < 4.78 is 0.642. The van der Waals surface area contributed by atoms with Crippen LogP contribution < -0.4 is 5.32 Å². The van der Waals surface area contributed by atoms with Gasteiger partial charge < -0.3 is 5.32 Å². The van der Waals surface area contributed by atoms with Gasteiger partial charge in [-0.05, 0) is 50.2 Å². The van der Waals surface area contributed by atoms with Crippen LogP contribution in [0.5, 0.6) is 0 Å². The molecule has 3 fully saturated rings. The highest BCUT2D eigenvalue weighted by atomic mass is 32.2. The van der Waals surface area contributed by atoms with Crippen molar-refractivity contribution >= 4 is 11.8 Å². The smallest absolute Gasteiger partial charge is 0.0282 e. The van der Waals surface area contributed by atoms with Crippen molar-refractivity contribution in [3.05, 3.63) is 0 Å². The van der Waals surface area contributed by atoms with Gasteiger partial charge in [-0.25, -0.2) is 0 Å². The molecule has 0 amide bonds. The zero-order chi connectivity index (χ0) is 11.7. The first-order chi connectivity index (χ1) is 8.31. The molecule has 3 rings (SSSR count). The average Bonchev–Trinajstić information content (AvgIpc) is 3.17. The molecule has 0 aromatic rings. The first-order valence-electron chi connectivity index (χ1n) is 7.60. The maximum atomic E-state index is 3.89. The predicted molar refractivity (Wildman–Crippen MR) is 76.6 cm³/mol. The molecule has 17 heavy (non-hydrogen) atoms. The lowest BCUT2D eigenvalue weighted by molar-refractivity contribution is 0.144. The molecule has 0 saturated heterocycles. The van der Waals surface area contributed by atoms with Crippen LogP contribution in [0.1, 0.15) is 57.8 Å². The Bertz CT molecular complexity index is 262. The predicted octanol–water partition coefficient (Wildman–Crippen LogP) is 3.83. The summed E-state index contributed by atoms with van der Waals surface area (Å²) in [5.41, 5.74) is 0. The standard InChI is InChI=1S/C15H27NS/c1-17-15(8-9-15)11-16-14-7-6-12-4-2-3-5-13(12)10-14/h12-14,16H,2-11H2,1H3. The van der Waals surface area contributed by atoms with Crippen LogP contribution in [0, 0.1) is 11.8 Å². The van der Waals surface area contributed by atoms with Crippen LogP contribution >= 0.6 is 11.8 Å². The topological polar surface area (TPSA) is 12.0 Å². The molecular formula is C15H27NS. The van der Waals surface area contributed by atoms with Gasteiger partial charge in [0.15, 0.2) is 0 Å². The monoisotopic (exact) mass is 253 g/mol. The molecule has 0 aromatic heterocycles. The summed E-state index contributed by atoms with van der Waals surface area (Å²) in [5, 5.41) is 3.89. The second-order valence-electron chi connectivity index (χ2n) is 6.58. The first kappa shape index (κ1) is 12.3. The molecule has 0 aromatic carbocycles. The highest BCUT2D eigenvalue weighted by molar-refractivity contribution is 8.00. The zero-order valence-electron chi connectivity index (χ0n) is 11.2. The van der Waals surface area contributed by atoms with E-state index in [1.54, 1.807) is 0 Å². The minimum absolute atomic E-state index is 0.642. The van der Waals surface area contributed by atoms with Crippen molar-refractivity contribution in [2.45, 2.75) is 68.6 Å². The highest BCUT2D eigenvalue weighted by Gasteiger charge is 2.42. The highest BCUT2D eigenvalue weighted by Crippen LogP contribution is 2.47. The molecule has 0 bridgehead atoms. The number of rotatable bonds is 4. The minimum Gasteiger partial charge on any atom is -0.313 e. The molecule has 1 nitrogen and oxygen atoms in total. The van der Waals surface area contributed by atoms with Crippen molar-refractivity contribution in [2.75, 3.05) is 12.8 Å². The van der Waals surface area contributed by atoms with Gasteiger partial charge in [0.05, 0.1) is 0 Å². The van der Waals surface area contributed by atoms with Gasteiger partial charge in [-0.1, -0.05) is 25.7 Å². The maximum Gasteiger partial charge on any atom is 0.0282 e. The van der Waals surface area contributed by atoms with E-state index in [0.29, 0.717) is 4.75 Å². The molecule has 3 aliphatic rings. The van der Waals surface area contributed by atoms with Crippen LogP contribution in [0.2, 0.25) is 0 Å². The van der Waals surface area contributed by atoms with E-state index in [4.69, 9.17) is 0 Å². The van der Waals surface area contributed by atoms with Crippen molar-refractivity contribution in [2.24, 2.45) is 11.8 Å². The summed E-state index contributed by atoms with van der Waals surface area (Å²) >= 11 is 2.09. The SMILES string of the molecule is CSC1(CNC2CCC3CCCCC3C2)CC1. The summed E-state index contributed by atoms with van der Waals surface area (Å²) in [4.78, 5) is 0. The molecule has 2 heteroatoms. The number of hydrogen-bond donors (Lipinski definition) is 1. The van der Waals surface area contributed by atoms with Crippen LogP contribution in [0.15, 0.2) is 0 Å². The largest absolute Gasteiger partial charge is 0.313 e. The quantitative estimate of drug-likeness (QED) is 0.817. The van der Waals surface area contributed by atoms with E-state index in [-0.39, 0.29) is 0 Å². The molecule has 3 unspecified atom stereocenters. The van der Waals surface area contributed by atoms with Gasteiger partial charge in [0.1, 0.15) is 0 Å². The summed E-state index contributed by atoms with van der Waals surface area (Å²) in [6.07, 6.45) is 15.7. The fourth-order valence-electron chi connectivity index (χ4n) is 3.98. The third-order valence-electron chi connectivity index (χ3n) is 5.49. The van der Waals surface area contributed by atoms with Crippen molar-refractivity contribution in [3.63, 3.8) is 0 Å². The average molecular weight is 253 g/mol. The van der Waals surface area contributed by atoms with Gasteiger partial charge in [-0.2, -0.15) is 11.8 Å². The Morgan fingerprint density at radius 2 is 1.82 bits per heavy atom. The van der Waals surface area contributed by atoms with Gasteiger partial charge in [0.2, 0.25) is 0 Å². The Hall–Kier alpha value is 0.310. The Morgan fingerprint density at radius 3 is 2.53 bits per heavy atom. The van der Waals surface area contributed by atoms with Crippen molar-refractivity contribution < 1.29 is 0 Å². The van der Waals surface area contributed by atoms with Crippen LogP contribution in [-0.4, -0.2) is 23.6 Å². The summed E-state index contributed by atoms with van der Waals surface area (Å²) in [6, 6.07) is 0.846. The lowest BCUT2D eigenvalue weighted by Crippen LogP contribution is -2.41. The van der Waals surface area contributed by atoms with Crippen molar-refractivity contribution in [1.82, 2.24) is 5.32 Å². The van der Waals surface area contributed by atoms with E-state index in [9.17, 15) is 0 Å². The Morgan fingerprint density at radius 1 is 1.06 bits per heavy atom. The number of fused-ring (bicyclic) bond motifs is 1. The lowest BCUT2D eigenvalue weighted by Gasteiger charge is -2.40. The molecule has 1 N–H and O–H groups in total. The molecule has 0 heterocycles. The number of hydrogen-bond acceptors (Lipinski definition) is 2. The molecule has 0 radical (unpaired) electrons. The maximum absolute atomic E-state index is 3.89. The van der Waals surface area contributed by atoms with Gasteiger partial charge in [0.25, 0.3) is 0 Å². The van der Waals surface area contributed by atoms with Crippen LogP contribution in [0.4, 0.5) is 0 Å². The molecule has 98 valence electrons. The lowest BCUT2D eigenvalue weighted by atomic mass is 9.69. The molecule has 0 aliphatic heterocycles. The normalized spacial score (nSPS) is 39.7. The third-order valence-corrected chi connectivity index (χ3v) is 6.91. The van der Waals surface area contributed by atoms with E-state index in [1.807, 2.05) is 0 Å². The van der Waals surface area contributed by atoms with Crippen LogP contribution in [-0.2, 0) is 0 Å². The van der Waals surface area contributed by atoms with E-state index < -0.39 is 0 Å². The third kappa shape index (κ3) is 2.84. The van der Waals surface area contributed by atoms with Crippen LogP contribution in [0.25, 0.3) is 0 Å². The number of thioether (sulfide) groups is 1. The fourth-order valence-corrected chi connectivity index (χ4v) is 4.72.